The van der Waals surface area contributed by atoms with Gasteiger partial charge in [0.1, 0.15) is 0 Å². The van der Waals surface area contributed by atoms with Crippen LogP contribution in [0.15, 0.2) is 224 Å². The highest BCUT2D eigenvalue weighted by Gasteiger charge is 2.24. The van der Waals surface area contributed by atoms with E-state index in [4.69, 9.17) is 15.0 Å². The Morgan fingerprint density at radius 1 is 0.258 bits per heavy atom. The van der Waals surface area contributed by atoms with E-state index in [9.17, 15) is 0 Å². The van der Waals surface area contributed by atoms with Crippen LogP contribution in [-0.4, -0.2) is 24.1 Å². The van der Waals surface area contributed by atoms with E-state index in [1.54, 1.807) is 0 Å². The smallest absolute Gasteiger partial charge is 0.238 e. The molecule has 290 valence electrons. The Morgan fingerprint density at radius 2 is 0.694 bits per heavy atom. The first-order valence-electron chi connectivity index (χ1n) is 21.0. The second-order valence-corrected chi connectivity index (χ2v) is 15.6. The van der Waals surface area contributed by atoms with Gasteiger partial charge in [0.25, 0.3) is 0 Å². The third-order valence-corrected chi connectivity index (χ3v) is 12.0. The zero-order chi connectivity index (χ0) is 41.0. The fourth-order valence-corrected chi connectivity index (χ4v) is 9.15. The van der Waals surface area contributed by atoms with Crippen LogP contribution in [-0.2, 0) is 0 Å². The maximum atomic E-state index is 5.25. The molecule has 0 N–H and O–H groups in total. The Labute approximate surface area is 358 Å². The third kappa shape index (κ3) is 5.90. The van der Waals surface area contributed by atoms with Crippen LogP contribution in [0.5, 0.6) is 0 Å². The standard InChI is InChI=1S/C57H37N5/c1-5-19-38(20-6-1)42-27-17-28-43(35-42)45-32-18-31-44(39-21-7-2-8-22-39)54(45)61-50-33-15-13-29-46(50)48-36-49-47-30-14-16-34-51(47)62(53(49)37-52(48)61)57-59-55(40-23-9-3-10-24-40)58-56(60-57)41-25-11-4-12-26-41/h1-37H. The molecule has 12 rings (SSSR count). The highest BCUT2D eigenvalue weighted by atomic mass is 15.2. The average molecular weight is 792 g/mol. The van der Waals surface area contributed by atoms with Gasteiger partial charge in [0, 0.05) is 43.8 Å². The molecular formula is C57H37N5. The van der Waals surface area contributed by atoms with Crippen LogP contribution in [0.4, 0.5) is 0 Å². The lowest BCUT2D eigenvalue weighted by molar-refractivity contribution is 0.953. The van der Waals surface area contributed by atoms with E-state index in [0.717, 1.165) is 71.9 Å². The third-order valence-electron chi connectivity index (χ3n) is 12.0. The van der Waals surface area contributed by atoms with Gasteiger partial charge in [0.05, 0.1) is 27.8 Å². The molecule has 0 spiro atoms. The molecule has 0 radical (unpaired) electrons. The quantitative estimate of drug-likeness (QED) is 0.162. The summed E-state index contributed by atoms with van der Waals surface area (Å²) in [6.07, 6.45) is 0. The number of nitrogens with zero attached hydrogens (tertiary/aromatic N) is 5. The number of fused-ring (bicyclic) bond motifs is 6. The van der Waals surface area contributed by atoms with Crippen molar-refractivity contribution in [2.24, 2.45) is 0 Å². The number of benzene rings is 9. The summed E-state index contributed by atoms with van der Waals surface area (Å²) in [4.78, 5) is 15.5. The summed E-state index contributed by atoms with van der Waals surface area (Å²) in [5.41, 5.74) is 14.2. The second kappa shape index (κ2) is 14.7. The maximum Gasteiger partial charge on any atom is 0.238 e. The van der Waals surface area contributed by atoms with Gasteiger partial charge in [0.15, 0.2) is 11.6 Å². The van der Waals surface area contributed by atoms with E-state index >= 15 is 0 Å². The first-order valence-corrected chi connectivity index (χ1v) is 21.0. The van der Waals surface area contributed by atoms with Crippen molar-refractivity contribution in [2.45, 2.75) is 0 Å². The van der Waals surface area contributed by atoms with Gasteiger partial charge in [-0.3, -0.25) is 4.57 Å². The summed E-state index contributed by atoms with van der Waals surface area (Å²) in [6.45, 7) is 0. The van der Waals surface area contributed by atoms with Crippen molar-refractivity contribution in [3.05, 3.63) is 224 Å². The lowest BCUT2D eigenvalue weighted by Gasteiger charge is -2.20. The monoisotopic (exact) mass is 791 g/mol. The van der Waals surface area contributed by atoms with Gasteiger partial charge in [-0.25, -0.2) is 4.98 Å². The summed E-state index contributed by atoms with van der Waals surface area (Å²) in [7, 11) is 0. The molecule has 0 saturated carbocycles. The fraction of sp³-hybridized carbons (Fsp3) is 0. The zero-order valence-electron chi connectivity index (χ0n) is 33.6. The zero-order valence-corrected chi connectivity index (χ0v) is 33.6. The van der Waals surface area contributed by atoms with Crippen LogP contribution in [0.3, 0.4) is 0 Å². The molecule has 0 amide bonds. The molecule has 62 heavy (non-hydrogen) atoms. The van der Waals surface area contributed by atoms with E-state index in [0.29, 0.717) is 17.6 Å². The molecule has 0 unspecified atom stereocenters. The number of aromatic nitrogens is 5. The van der Waals surface area contributed by atoms with Gasteiger partial charge in [0.2, 0.25) is 5.95 Å². The lowest BCUT2D eigenvalue weighted by atomic mass is 9.93. The second-order valence-electron chi connectivity index (χ2n) is 15.6. The SMILES string of the molecule is c1ccc(-c2cccc(-c3cccc(-c4ccccc4)c3-n3c4ccccc4c4cc5c6ccccc6n(-c6nc(-c7ccccc7)nc(-c7ccccc7)n6)c5cc43)c2)cc1. The average Bonchev–Trinajstić information content (AvgIpc) is 3.85. The van der Waals surface area contributed by atoms with Crippen molar-refractivity contribution in [3.63, 3.8) is 0 Å². The highest BCUT2D eigenvalue weighted by molar-refractivity contribution is 6.19. The molecule has 5 heteroatoms. The molecule has 3 heterocycles. The Hall–Kier alpha value is -8.41. The largest absolute Gasteiger partial charge is 0.308 e. The van der Waals surface area contributed by atoms with E-state index in [2.05, 4.69) is 197 Å². The molecule has 0 bridgehead atoms. The van der Waals surface area contributed by atoms with Gasteiger partial charge in [-0.15, -0.1) is 0 Å². The predicted octanol–water partition coefficient (Wildman–Crippen LogP) is 14.4. The molecule has 0 aliphatic carbocycles. The summed E-state index contributed by atoms with van der Waals surface area (Å²) in [5, 5.41) is 4.62. The highest BCUT2D eigenvalue weighted by Crippen LogP contribution is 2.44. The van der Waals surface area contributed by atoms with E-state index < -0.39 is 0 Å². The van der Waals surface area contributed by atoms with Gasteiger partial charge in [-0.1, -0.05) is 194 Å². The van der Waals surface area contributed by atoms with E-state index in [1.165, 1.54) is 21.9 Å². The van der Waals surface area contributed by atoms with Crippen molar-refractivity contribution in [3.8, 4) is 67.8 Å². The number of hydrogen-bond donors (Lipinski definition) is 0. The van der Waals surface area contributed by atoms with Crippen LogP contribution in [0, 0.1) is 0 Å². The Kier molecular flexibility index (Phi) is 8.42. The van der Waals surface area contributed by atoms with E-state index in [1.807, 2.05) is 36.4 Å². The predicted molar refractivity (Wildman–Crippen MR) is 256 cm³/mol. The van der Waals surface area contributed by atoms with Gasteiger partial charge >= 0.3 is 0 Å². The Morgan fingerprint density at radius 3 is 1.29 bits per heavy atom. The molecule has 3 aromatic heterocycles. The number of hydrogen-bond acceptors (Lipinski definition) is 3. The molecule has 9 aromatic carbocycles. The summed E-state index contributed by atoms with van der Waals surface area (Å²) in [5.74, 6) is 1.80. The molecule has 0 atom stereocenters. The summed E-state index contributed by atoms with van der Waals surface area (Å²) >= 11 is 0. The Balaban J connectivity index is 1.19. The number of para-hydroxylation sites is 3. The molecule has 12 aromatic rings. The van der Waals surface area contributed by atoms with Crippen LogP contribution in [0.25, 0.3) is 111 Å². The van der Waals surface area contributed by atoms with Crippen molar-refractivity contribution in [2.75, 3.05) is 0 Å². The van der Waals surface area contributed by atoms with Crippen molar-refractivity contribution in [1.82, 2.24) is 24.1 Å². The van der Waals surface area contributed by atoms with E-state index in [-0.39, 0.29) is 0 Å². The van der Waals surface area contributed by atoms with Gasteiger partial charge in [-0.05, 0) is 52.6 Å². The first-order chi connectivity index (χ1) is 30.8. The molecule has 5 nitrogen and oxygen atoms in total. The number of rotatable bonds is 7. The summed E-state index contributed by atoms with van der Waals surface area (Å²) in [6, 6.07) is 79.5. The Bertz CT molecular complexity index is 3550. The first kappa shape index (κ1) is 35.5. The van der Waals surface area contributed by atoms with Crippen LogP contribution >= 0.6 is 0 Å². The van der Waals surface area contributed by atoms with Crippen LogP contribution in [0.2, 0.25) is 0 Å². The minimum absolute atomic E-state index is 0.564. The van der Waals surface area contributed by atoms with Crippen LogP contribution < -0.4 is 0 Å². The summed E-state index contributed by atoms with van der Waals surface area (Å²) < 4.78 is 4.71. The molecule has 0 aliphatic heterocycles. The van der Waals surface area contributed by atoms with Gasteiger partial charge < -0.3 is 4.57 Å². The fourth-order valence-electron chi connectivity index (χ4n) is 9.15. The van der Waals surface area contributed by atoms with Crippen LogP contribution in [0.1, 0.15) is 0 Å². The minimum atomic E-state index is 0.564. The van der Waals surface area contributed by atoms with Crippen molar-refractivity contribution < 1.29 is 0 Å². The van der Waals surface area contributed by atoms with Gasteiger partial charge in [-0.2, -0.15) is 9.97 Å². The lowest BCUT2D eigenvalue weighted by Crippen LogP contribution is -2.06. The molecular weight excluding hydrogens is 755 g/mol. The normalized spacial score (nSPS) is 11.5. The van der Waals surface area contributed by atoms with Crippen molar-refractivity contribution in [1.29, 1.82) is 0 Å². The van der Waals surface area contributed by atoms with Crippen molar-refractivity contribution >= 4 is 43.6 Å². The molecule has 0 aliphatic rings. The topological polar surface area (TPSA) is 48.5 Å². The maximum absolute atomic E-state index is 5.25. The minimum Gasteiger partial charge on any atom is -0.308 e. The molecule has 0 saturated heterocycles. The molecule has 0 fully saturated rings.